The minimum Gasteiger partial charge on any atom is -0.320 e. The maximum absolute atomic E-state index is 13.6. The van der Waals surface area contributed by atoms with E-state index in [4.69, 9.17) is 17.3 Å². The van der Waals surface area contributed by atoms with Gasteiger partial charge in [-0.1, -0.05) is 23.7 Å². The Bertz CT molecular complexity index is 584. The molecule has 1 atom stereocenters. The average molecular weight is 272 g/mol. The predicted molar refractivity (Wildman–Crippen MR) is 63.8 cm³/mol. The lowest BCUT2D eigenvalue weighted by Crippen LogP contribution is -2.15. The molecule has 0 aliphatic carbocycles. The van der Waals surface area contributed by atoms with Crippen molar-refractivity contribution in [1.82, 2.24) is 0 Å². The van der Waals surface area contributed by atoms with E-state index >= 15 is 0 Å². The zero-order chi connectivity index (χ0) is 13.3. The summed E-state index contributed by atoms with van der Waals surface area (Å²) in [6, 6.07) is 5.95. The van der Waals surface area contributed by atoms with Gasteiger partial charge in [-0.05, 0) is 29.8 Å². The Morgan fingerprint density at radius 2 is 1.67 bits per heavy atom. The Morgan fingerprint density at radius 3 is 2.39 bits per heavy atom. The summed E-state index contributed by atoms with van der Waals surface area (Å²) >= 11 is 5.76. The number of hydrogen-bond donors (Lipinski definition) is 1. The van der Waals surface area contributed by atoms with Gasteiger partial charge in [0.05, 0.1) is 11.1 Å². The third-order valence-electron chi connectivity index (χ3n) is 2.61. The number of benzene rings is 2. The van der Waals surface area contributed by atoms with Crippen LogP contribution >= 0.6 is 11.6 Å². The van der Waals surface area contributed by atoms with E-state index in [9.17, 15) is 13.2 Å². The van der Waals surface area contributed by atoms with Crippen LogP contribution in [0.1, 0.15) is 17.2 Å². The van der Waals surface area contributed by atoms with E-state index in [0.717, 1.165) is 18.2 Å². The lowest BCUT2D eigenvalue weighted by Gasteiger charge is -2.15. The molecule has 5 heteroatoms. The van der Waals surface area contributed by atoms with Crippen molar-refractivity contribution in [1.29, 1.82) is 0 Å². The normalized spacial score (nSPS) is 12.5. The van der Waals surface area contributed by atoms with Crippen LogP contribution in [-0.2, 0) is 0 Å². The van der Waals surface area contributed by atoms with Crippen molar-refractivity contribution in [2.45, 2.75) is 6.04 Å². The monoisotopic (exact) mass is 271 g/mol. The van der Waals surface area contributed by atoms with Crippen molar-refractivity contribution < 1.29 is 13.2 Å². The van der Waals surface area contributed by atoms with Crippen molar-refractivity contribution in [3.05, 3.63) is 70.0 Å². The molecule has 0 radical (unpaired) electrons. The third kappa shape index (κ3) is 2.35. The molecule has 0 saturated heterocycles. The summed E-state index contributed by atoms with van der Waals surface area (Å²) in [6.07, 6.45) is 0. The van der Waals surface area contributed by atoms with Gasteiger partial charge in [-0.15, -0.1) is 0 Å². The van der Waals surface area contributed by atoms with Crippen LogP contribution in [-0.4, -0.2) is 0 Å². The van der Waals surface area contributed by atoms with Gasteiger partial charge in [-0.25, -0.2) is 13.2 Å². The molecule has 2 N–H and O–H groups in total. The highest BCUT2D eigenvalue weighted by Gasteiger charge is 2.18. The van der Waals surface area contributed by atoms with Crippen LogP contribution in [0.3, 0.4) is 0 Å². The van der Waals surface area contributed by atoms with E-state index in [2.05, 4.69) is 0 Å². The molecule has 94 valence electrons. The summed E-state index contributed by atoms with van der Waals surface area (Å²) in [6.45, 7) is 0. The first-order chi connectivity index (χ1) is 8.50. The predicted octanol–water partition coefficient (Wildman–Crippen LogP) is 3.81. The minimum atomic E-state index is -1.02. The van der Waals surface area contributed by atoms with Gasteiger partial charge in [0.1, 0.15) is 17.5 Å². The molecular weight excluding hydrogens is 263 g/mol. The first kappa shape index (κ1) is 12.9. The van der Waals surface area contributed by atoms with Crippen molar-refractivity contribution in [3.8, 4) is 0 Å². The van der Waals surface area contributed by atoms with Gasteiger partial charge >= 0.3 is 0 Å². The maximum atomic E-state index is 13.6. The molecule has 2 rings (SSSR count). The molecule has 0 heterocycles. The standard InChI is InChI=1S/C13H9ClF3N/c14-12-8(2-1-3-11(12)17)13(18)9-6-7(15)4-5-10(9)16/h1-6,13H,18H2. The minimum absolute atomic E-state index is 0.0671. The zero-order valence-electron chi connectivity index (χ0n) is 9.13. The number of hydrogen-bond acceptors (Lipinski definition) is 1. The number of rotatable bonds is 2. The molecule has 1 nitrogen and oxygen atoms in total. The van der Waals surface area contributed by atoms with E-state index in [1.54, 1.807) is 0 Å². The lowest BCUT2D eigenvalue weighted by molar-refractivity contribution is 0.575. The molecule has 2 aromatic carbocycles. The maximum Gasteiger partial charge on any atom is 0.142 e. The smallest absolute Gasteiger partial charge is 0.142 e. The van der Waals surface area contributed by atoms with Crippen LogP contribution in [0.2, 0.25) is 5.02 Å². The Hall–Kier alpha value is -1.52. The molecular formula is C13H9ClF3N. The largest absolute Gasteiger partial charge is 0.320 e. The van der Waals surface area contributed by atoms with E-state index in [-0.39, 0.29) is 16.1 Å². The van der Waals surface area contributed by atoms with E-state index < -0.39 is 23.5 Å². The fourth-order valence-electron chi connectivity index (χ4n) is 1.68. The zero-order valence-corrected chi connectivity index (χ0v) is 9.89. The molecule has 0 aromatic heterocycles. The van der Waals surface area contributed by atoms with Crippen LogP contribution in [0.25, 0.3) is 0 Å². The molecule has 0 amide bonds. The highest BCUT2D eigenvalue weighted by molar-refractivity contribution is 6.31. The summed E-state index contributed by atoms with van der Waals surface area (Å²) in [4.78, 5) is 0. The molecule has 2 aromatic rings. The quantitative estimate of drug-likeness (QED) is 0.883. The molecule has 0 spiro atoms. The van der Waals surface area contributed by atoms with Crippen LogP contribution in [0, 0.1) is 17.5 Å². The van der Waals surface area contributed by atoms with Gasteiger partial charge in [-0.2, -0.15) is 0 Å². The van der Waals surface area contributed by atoms with Crippen molar-refractivity contribution >= 4 is 11.6 Å². The van der Waals surface area contributed by atoms with Gasteiger partial charge in [-0.3, -0.25) is 0 Å². The molecule has 0 bridgehead atoms. The Balaban J connectivity index is 2.51. The van der Waals surface area contributed by atoms with Crippen LogP contribution in [0.4, 0.5) is 13.2 Å². The van der Waals surface area contributed by atoms with E-state index in [1.165, 1.54) is 18.2 Å². The molecule has 0 aliphatic heterocycles. The molecule has 18 heavy (non-hydrogen) atoms. The lowest BCUT2D eigenvalue weighted by atomic mass is 9.99. The number of halogens is 4. The average Bonchev–Trinajstić information content (AvgIpc) is 2.35. The first-order valence-corrected chi connectivity index (χ1v) is 5.53. The van der Waals surface area contributed by atoms with Crippen LogP contribution < -0.4 is 5.73 Å². The van der Waals surface area contributed by atoms with Crippen molar-refractivity contribution in [2.24, 2.45) is 5.73 Å². The summed E-state index contributed by atoms with van der Waals surface area (Å²) in [7, 11) is 0. The Morgan fingerprint density at radius 1 is 0.944 bits per heavy atom. The van der Waals surface area contributed by atoms with E-state index in [1.807, 2.05) is 0 Å². The van der Waals surface area contributed by atoms with Gasteiger partial charge in [0, 0.05) is 5.56 Å². The number of nitrogens with two attached hydrogens (primary N) is 1. The molecule has 1 unspecified atom stereocenters. The van der Waals surface area contributed by atoms with Crippen LogP contribution in [0.15, 0.2) is 36.4 Å². The second-order valence-corrected chi connectivity index (χ2v) is 4.16. The van der Waals surface area contributed by atoms with Crippen LogP contribution in [0.5, 0.6) is 0 Å². The third-order valence-corrected chi connectivity index (χ3v) is 3.01. The summed E-state index contributed by atoms with van der Waals surface area (Å²) < 4.78 is 39.9. The van der Waals surface area contributed by atoms with Crippen molar-refractivity contribution in [2.75, 3.05) is 0 Å². The molecule has 0 saturated carbocycles. The van der Waals surface area contributed by atoms with Crippen molar-refractivity contribution in [3.63, 3.8) is 0 Å². The van der Waals surface area contributed by atoms with Gasteiger partial charge in [0.25, 0.3) is 0 Å². The second kappa shape index (κ2) is 5.00. The summed E-state index contributed by atoms with van der Waals surface area (Å²) in [5.74, 6) is -1.93. The van der Waals surface area contributed by atoms with E-state index in [0.29, 0.717) is 0 Å². The summed E-state index contributed by atoms with van der Waals surface area (Å²) in [5.41, 5.74) is 5.94. The fraction of sp³-hybridized carbons (Fsp3) is 0.0769. The second-order valence-electron chi connectivity index (χ2n) is 3.79. The highest BCUT2D eigenvalue weighted by atomic mass is 35.5. The Kier molecular flexibility index (Phi) is 3.59. The molecule has 0 aliphatic rings. The topological polar surface area (TPSA) is 26.0 Å². The SMILES string of the molecule is NC(c1cc(F)ccc1F)c1cccc(F)c1Cl. The molecule has 0 fully saturated rings. The highest BCUT2D eigenvalue weighted by Crippen LogP contribution is 2.29. The van der Waals surface area contributed by atoms with Gasteiger partial charge in [0.2, 0.25) is 0 Å². The first-order valence-electron chi connectivity index (χ1n) is 5.15. The summed E-state index contributed by atoms with van der Waals surface area (Å²) in [5, 5.41) is -0.186. The Labute approximate surface area is 107 Å². The van der Waals surface area contributed by atoms with Gasteiger partial charge < -0.3 is 5.73 Å². The van der Waals surface area contributed by atoms with Gasteiger partial charge in [0.15, 0.2) is 0 Å². The fourth-order valence-corrected chi connectivity index (χ4v) is 1.92.